The van der Waals surface area contributed by atoms with Gasteiger partial charge in [-0.1, -0.05) is 12.1 Å². The molecule has 2 N–H and O–H groups in total. The highest BCUT2D eigenvalue weighted by molar-refractivity contribution is 5.27. The number of hydrogen-bond acceptors (Lipinski definition) is 2. The van der Waals surface area contributed by atoms with Crippen molar-refractivity contribution >= 4 is 0 Å². The summed E-state index contributed by atoms with van der Waals surface area (Å²) < 4.78 is 42.1. The van der Waals surface area contributed by atoms with Crippen LogP contribution in [0.1, 0.15) is 5.56 Å². The molecule has 0 aliphatic heterocycles. The van der Waals surface area contributed by atoms with Crippen LogP contribution < -0.4 is 10.5 Å². The van der Waals surface area contributed by atoms with Crippen LogP contribution in [0, 0.1) is 12.8 Å². The molecule has 1 unspecified atom stereocenters. The van der Waals surface area contributed by atoms with Crippen LogP contribution >= 0.6 is 0 Å². The molecule has 1 aromatic carbocycles. The summed E-state index contributed by atoms with van der Waals surface area (Å²) >= 11 is 0. The lowest BCUT2D eigenvalue weighted by atomic mass is 10.1. The molecule has 0 radical (unpaired) electrons. The lowest BCUT2D eigenvalue weighted by Crippen LogP contribution is -2.35. The number of benzene rings is 1. The number of hydrogen-bond donors (Lipinski definition) is 1. The molecule has 1 aromatic rings. The molecule has 5 heteroatoms. The van der Waals surface area contributed by atoms with Crippen LogP contribution in [-0.2, 0) is 0 Å². The highest BCUT2D eigenvalue weighted by Gasteiger charge is 2.39. The minimum absolute atomic E-state index is 0.433. The third-order valence-electron chi connectivity index (χ3n) is 2.19. The van der Waals surface area contributed by atoms with Crippen molar-refractivity contribution in [2.24, 2.45) is 11.7 Å². The monoisotopic (exact) mass is 233 g/mol. The normalized spacial score (nSPS) is 13.6. The summed E-state index contributed by atoms with van der Waals surface area (Å²) in [6.45, 7) is 0.940. The van der Waals surface area contributed by atoms with Gasteiger partial charge in [0.2, 0.25) is 0 Å². The Morgan fingerprint density at radius 3 is 2.56 bits per heavy atom. The molecule has 0 aliphatic carbocycles. The van der Waals surface area contributed by atoms with Crippen molar-refractivity contribution in [3.8, 4) is 5.75 Å². The van der Waals surface area contributed by atoms with Gasteiger partial charge in [0.05, 0.1) is 0 Å². The Labute approximate surface area is 92.2 Å². The van der Waals surface area contributed by atoms with E-state index in [-0.39, 0.29) is 0 Å². The third-order valence-corrected chi connectivity index (χ3v) is 2.19. The summed E-state index contributed by atoms with van der Waals surface area (Å²) in [6, 6.07) is 6.88. The molecule has 90 valence electrons. The highest BCUT2D eigenvalue weighted by atomic mass is 19.4. The van der Waals surface area contributed by atoms with Crippen molar-refractivity contribution in [2.45, 2.75) is 13.1 Å². The van der Waals surface area contributed by atoms with E-state index in [4.69, 9.17) is 10.5 Å². The highest BCUT2D eigenvalue weighted by Crippen LogP contribution is 2.26. The number of alkyl halides is 3. The second kappa shape index (κ2) is 5.21. The van der Waals surface area contributed by atoms with Gasteiger partial charge in [-0.15, -0.1) is 0 Å². The molecule has 0 heterocycles. The Balaban J connectivity index is 2.56. The minimum atomic E-state index is -4.31. The predicted octanol–water partition coefficient (Wildman–Crippen LogP) is 2.51. The van der Waals surface area contributed by atoms with E-state index in [9.17, 15) is 13.2 Å². The maximum atomic E-state index is 12.3. The number of halogens is 3. The molecule has 1 atom stereocenters. The number of rotatable bonds is 4. The van der Waals surface area contributed by atoms with Crippen molar-refractivity contribution in [1.29, 1.82) is 0 Å². The quantitative estimate of drug-likeness (QED) is 0.867. The van der Waals surface area contributed by atoms with Crippen LogP contribution in [0.25, 0.3) is 0 Å². The zero-order valence-corrected chi connectivity index (χ0v) is 8.92. The fourth-order valence-electron chi connectivity index (χ4n) is 1.20. The maximum Gasteiger partial charge on any atom is 0.396 e. The van der Waals surface area contributed by atoms with Gasteiger partial charge >= 0.3 is 6.18 Å². The van der Waals surface area contributed by atoms with Gasteiger partial charge in [0.15, 0.2) is 0 Å². The van der Waals surface area contributed by atoms with Gasteiger partial charge in [-0.25, -0.2) is 0 Å². The van der Waals surface area contributed by atoms with Gasteiger partial charge in [-0.05, 0) is 24.6 Å². The van der Waals surface area contributed by atoms with E-state index < -0.39 is 25.2 Å². The van der Waals surface area contributed by atoms with Gasteiger partial charge in [0.1, 0.15) is 18.3 Å². The van der Waals surface area contributed by atoms with E-state index in [0.29, 0.717) is 5.75 Å². The van der Waals surface area contributed by atoms with Gasteiger partial charge in [0.25, 0.3) is 0 Å². The summed E-state index contributed by atoms with van der Waals surface area (Å²) in [6.07, 6.45) is -4.31. The molecule has 0 amide bonds. The van der Waals surface area contributed by atoms with Crippen molar-refractivity contribution < 1.29 is 17.9 Å². The third kappa shape index (κ3) is 3.73. The molecule has 0 fully saturated rings. The first kappa shape index (κ1) is 12.8. The minimum Gasteiger partial charge on any atom is -0.493 e. The van der Waals surface area contributed by atoms with Gasteiger partial charge in [-0.3, -0.25) is 0 Å². The number of aryl methyl sites for hydroxylation is 1. The molecule has 0 bridgehead atoms. The van der Waals surface area contributed by atoms with E-state index in [1.165, 1.54) is 0 Å². The largest absolute Gasteiger partial charge is 0.493 e. The maximum absolute atomic E-state index is 12.3. The first-order chi connectivity index (χ1) is 7.43. The zero-order valence-electron chi connectivity index (χ0n) is 8.92. The Kier molecular flexibility index (Phi) is 4.18. The molecule has 0 saturated carbocycles. The summed E-state index contributed by atoms with van der Waals surface area (Å²) in [7, 11) is 0. The first-order valence-electron chi connectivity index (χ1n) is 4.89. The summed E-state index contributed by atoms with van der Waals surface area (Å²) in [5, 5.41) is 0. The van der Waals surface area contributed by atoms with Crippen LogP contribution in [0.5, 0.6) is 5.75 Å². The molecule has 16 heavy (non-hydrogen) atoms. The summed E-state index contributed by atoms with van der Waals surface area (Å²) in [5.41, 5.74) is 5.99. The SMILES string of the molecule is Cc1cccc(OCC(CN)C(F)(F)F)c1. The van der Waals surface area contributed by atoms with Crippen molar-refractivity contribution in [3.05, 3.63) is 29.8 Å². The summed E-state index contributed by atoms with van der Waals surface area (Å²) in [5.74, 6) is -1.18. The smallest absolute Gasteiger partial charge is 0.396 e. The molecule has 2 nitrogen and oxygen atoms in total. The lowest BCUT2D eigenvalue weighted by Gasteiger charge is -2.18. The standard InChI is InChI=1S/C11H14F3NO/c1-8-3-2-4-10(5-8)16-7-9(6-15)11(12,13)14/h2-5,9H,6-7,15H2,1H3. The van der Waals surface area contributed by atoms with E-state index in [2.05, 4.69) is 0 Å². The summed E-state index contributed by atoms with van der Waals surface area (Å²) in [4.78, 5) is 0. The molecule has 0 spiro atoms. The van der Waals surface area contributed by atoms with Gasteiger partial charge in [-0.2, -0.15) is 13.2 Å². The van der Waals surface area contributed by atoms with E-state index in [1.54, 1.807) is 18.2 Å². The average Bonchev–Trinajstić information content (AvgIpc) is 2.16. The molecule has 0 saturated heterocycles. The molecule has 0 aliphatic rings. The van der Waals surface area contributed by atoms with Crippen molar-refractivity contribution in [3.63, 3.8) is 0 Å². The van der Waals surface area contributed by atoms with Crippen LogP contribution in [0.2, 0.25) is 0 Å². The Hall–Kier alpha value is -1.23. The van der Waals surface area contributed by atoms with Crippen molar-refractivity contribution in [2.75, 3.05) is 13.2 Å². The lowest BCUT2D eigenvalue weighted by molar-refractivity contribution is -0.178. The zero-order chi connectivity index (χ0) is 12.2. The van der Waals surface area contributed by atoms with Crippen LogP contribution in [0.4, 0.5) is 13.2 Å². The molecule has 0 aromatic heterocycles. The predicted molar refractivity (Wildman–Crippen MR) is 55.3 cm³/mol. The van der Waals surface area contributed by atoms with E-state index in [1.807, 2.05) is 13.0 Å². The van der Waals surface area contributed by atoms with Crippen LogP contribution in [-0.4, -0.2) is 19.3 Å². The number of nitrogens with two attached hydrogens (primary N) is 1. The molecular formula is C11H14F3NO. The average molecular weight is 233 g/mol. The second-order valence-corrected chi connectivity index (χ2v) is 3.60. The van der Waals surface area contributed by atoms with Crippen LogP contribution in [0.3, 0.4) is 0 Å². The van der Waals surface area contributed by atoms with E-state index >= 15 is 0 Å². The van der Waals surface area contributed by atoms with Crippen LogP contribution in [0.15, 0.2) is 24.3 Å². The topological polar surface area (TPSA) is 35.2 Å². The fourth-order valence-corrected chi connectivity index (χ4v) is 1.20. The Morgan fingerprint density at radius 1 is 1.38 bits per heavy atom. The Bertz CT molecular complexity index is 338. The van der Waals surface area contributed by atoms with Gasteiger partial charge < -0.3 is 10.5 Å². The van der Waals surface area contributed by atoms with Crippen molar-refractivity contribution in [1.82, 2.24) is 0 Å². The second-order valence-electron chi connectivity index (χ2n) is 3.60. The fraction of sp³-hybridized carbons (Fsp3) is 0.455. The first-order valence-corrected chi connectivity index (χ1v) is 4.89. The number of ether oxygens (including phenoxy) is 1. The molecular weight excluding hydrogens is 219 g/mol. The van der Waals surface area contributed by atoms with E-state index in [0.717, 1.165) is 5.56 Å². The Morgan fingerprint density at radius 2 is 2.06 bits per heavy atom. The van der Waals surface area contributed by atoms with Gasteiger partial charge in [0, 0.05) is 6.54 Å². The molecule has 1 rings (SSSR count).